The Hall–Kier alpha value is -6.40. The third kappa shape index (κ3) is 8.31. The van der Waals surface area contributed by atoms with Crippen molar-refractivity contribution in [2.75, 3.05) is 31.1 Å². The number of nitrogens with zero attached hydrogens (tertiary/aromatic N) is 6. The SMILES string of the molecule is CCN(CC1CCN(c2ccc(C(=O)N[C@H]3CC[C@H](Oc4ccc(C#N)c5ncccc45)CC3)cn2)CC1)[C@H]1C[C@H](Oc2ccc3c(c2)C(=O)N(C2CCC(=O)NC2=O)C3=O)C1. The van der Waals surface area contributed by atoms with E-state index in [0.717, 1.165) is 99.4 Å². The van der Waals surface area contributed by atoms with Crippen molar-refractivity contribution in [3.63, 3.8) is 0 Å². The summed E-state index contributed by atoms with van der Waals surface area (Å²) in [5.41, 5.74) is 2.18. The van der Waals surface area contributed by atoms with Crippen LogP contribution in [0.1, 0.15) is 108 Å². The molecular weight excluding hydrogens is 789 g/mol. The van der Waals surface area contributed by atoms with Crippen LogP contribution in [-0.4, -0.2) is 106 Å². The second kappa shape index (κ2) is 17.5. The van der Waals surface area contributed by atoms with Gasteiger partial charge in [-0.25, -0.2) is 4.98 Å². The van der Waals surface area contributed by atoms with Gasteiger partial charge in [0.25, 0.3) is 17.7 Å². The van der Waals surface area contributed by atoms with Gasteiger partial charge in [-0.15, -0.1) is 0 Å². The molecule has 2 aliphatic carbocycles. The fourth-order valence-electron chi connectivity index (χ4n) is 9.68. The number of amides is 5. The van der Waals surface area contributed by atoms with Crippen LogP contribution in [0, 0.1) is 17.2 Å². The Bertz CT molecular complexity index is 2430. The van der Waals surface area contributed by atoms with Gasteiger partial charge in [-0.1, -0.05) is 6.92 Å². The molecule has 320 valence electrons. The van der Waals surface area contributed by atoms with Crippen LogP contribution in [0.25, 0.3) is 10.9 Å². The summed E-state index contributed by atoms with van der Waals surface area (Å²) in [6, 6.07) is 17.8. The van der Waals surface area contributed by atoms with Crippen LogP contribution >= 0.6 is 0 Å². The number of hydrogen-bond acceptors (Lipinski definition) is 12. The van der Waals surface area contributed by atoms with E-state index in [1.165, 1.54) is 0 Å². The summed E-state index contributed by atoms with van der Waals surface area (Å²) in [6.07, 6.45) is 10.7. The lowest BCUT2D eigenvalue weighted by Crippen LogP contribution is -2.54. The van der Waals surface area contributed by atoms with Gasteiger partial charge in [0.2, 0.25) is 11.8 Å². The van der Waals surface area contributed by atoms with E-state index < -0.39 is 29.7 Å². The number of hydrogen-bond donors (Lipinski definition) is 2. The molecule has 3 aliphatic heterocycles. The van der Waals surface area contributed by atoms with Crippen molar-refractivity contribution in [1.29, 1.82) is 5.26 Å². The summed E-state index contributed by atoms with van der Waals surface area (Å²) in [4.78, 5) is 78.4. The van der Waals surface area contributed by atoms with Crippen LogP contribution in [0.5, 0.6) is 11.5 Å². The normalized spacial score (nSPS) is 24.0. The zero-order valence-electron chi connectivity index (χ0n) is 34.8. The largest absolute Gasteiger partial charge is 0.490 e. The molecule has 2 saturated carbocycles. The van der Waals surface area contributed by atoms with E-state index in [1.807, 2.05) is 30.3 Å². The van der Waals surface area contributed by atoms with E-state index in [1.54, 1.807) is 36.7 Å². The minimum Gasteiger partial charge on any atom is -0.490 e. The number of aromatic nitrogens is 2. The third-order valence-corrected chi connectivity index (χ3v) is 13.3. The van der Waals surface area contributed by atoms with Gasteiger partial charge in [-0.2, -0.15) is 5.26 Å². The molecule has 15 nitrogen and oxygen atoms in total. The Balaban J connectivity index is 0.696. The maximum Gasteiger partial charge on any atom is 0.262 e. The predicted molar refractivity (Wildman–Crippen MR) is 228 cm³/mol. The summed E-state index contributed by atoms with van der Waals surface area (Å²) in [7, 11) is 0. The second-order valence-corrected chi connectivity index (χ2v) is 17.1. The van der Waals surface area contributed by atoms with Gasteiger partial charge in [0.1, 0.15) is 35.5 Å². The lowest BCUT2D eigenvalue weighted by molar-refractivity contribution is -0.136. The van der Waals surface area contributed by atoms with Gasteiger partial charge in [-0.05, 0) is 112 Å². The highest BCUT2D eigenvalue weighted by molar-refractivity contribution is 6.23. The van der Waals surface area contributed by atoms with Crippen LogP contribution in [0.3, 0.4) is 0 Å². The summed E-state index contributed by atoms with van der Waals surface area (Å²) in [6.45, 7) is 5.95. The molecular formula is C47H50N8O7. The summed E-state index contributed by atoms with van der Waals surface area (Å²) in [5, 5.41) is 15.7. The minimum absolute atomic E-state index is 0.00115. The molecule has 5 aliphatic rings. The topological polar surface area (TPSA) is 187 Å². The Morgan fingerprint density at radius 3 is 2.42 bits per heavy atom. The minimum atomic E-state index is -0.999. The molecule has 62 heavy (non-hydrogen) atoms. The Morgan fingerprint density at radius 1 is 0.903 bits per heavy atom. The smallest absolute Gasteiger partial charge is 0.262 e. The first-order valence-electron chi connectivity index (χ1n) is 21.9. The van der Waals surface area contributed by atoms with Crippen molar-refractivity contribution < 1.29 is 33.4 Å². The van der Waals surface area contributed by atoms with Crippen LogP contribution in [0.15, 0.2) is 67.0 Å². The fourth-order valence-corrected chi connectivity index (χ4v) is 9.68. The van der Waals surface area contributed by atoms with Crippen molar-refractivity contribution >= 4 is 46.3 Å². The molecule has 0 spiro atoms. The highest BCUT2D eigenvalue weighted by atomic mass is 16.5. The highest BCUT2D eigenvalue weighted by Gasteiger charge is 2.45. The number of carbonyl (C=O) groups excluding carboxylic acids is 5. The number of benzene rings is 2. The van der Waals surface area contributed by atoms with Gasteiger partial charge >= 0.3 is 0 Å². The molecule has 5 heterocycles. The number of fused-ring (bicyclic) bond motifs is 2. The molecule has 0 bridgehead atoms. The number of ether oxygens (including phenoxy) is 2. The quantitative estimate of drug-likeness (QED) is 0.179. The van der Waals surface area contributed by atoms with E-state index in [2.05, 4.69) is 38.4 Å². The van der Waals surface area contributed by atoms with Crippen molar-refractivity contribution in [3.05, 3.63) is 89.2 Å². The average Bonchev–Trinajstić information content (AvgIpc) is 3.52. The van der Waals surface area contributed by atoms with Crippen LogP contribution < -0.4 is 25.0 Å². The molecule has 1 unspecified atom stereocenters. The molecule has 15 heteroatoms. The molecule has 2 aromatic carbocycles. The number of nitrogens with one attached hydrogen (secondary N) is 2. The number of anilines is 1. The van der Waals surface area contributed by atoms with E-state index in [-0.39, 0.29) is 48.1 Å². The third-order valence-electron chi connectivity index (χ3n) is 13.3. The number of rotatable bonds is 12. The number of piperidine rings is 2. The van der Waals surface area contributed by atoms with Gasteiger partial charge in [-0.3, -0.25) is 39.2 Å². The number of pyridine rings is 2. The maximum absolute atomic E-state index is 13.3. The molecule has 5 amide bonds. The van der Waals surface area contributed by atoms with Gasteiger partial charge in [0.15, 0.2) is 0 Å². The number of imide groups is 2. The monoisotopic (exact) mass is 838 g/mol. The predicted octanol–water partition coefficient (Wildman–Crippen LogP) is 5.17. The summed E-state index contributed by atoms with van der Waals surface area (Å²) in [5.74, 6) is 0.483. The summed E-state index contributed by atoms with van der Waals surface area (Å²) < 4.78 is 12.6. The van der Waals surface area contributed by atoms with E-state index in [9.17, 15) is 29.2 Å². The Kier molecular flexibility index (Phi) is 11.6. The van der Waals surface area contributed by atoms with Crippen molar-refractivity contribution in [2.45, 2.75) is 101 Å². The molecule has 2 saturated heterocycles. The van der Waals surface area contributed by atoms with Crippen molar-refractivity contribution in [3.8, 4) is 17.6 Å². The number of nitriles is 1. The van der Waals surface area contributed by atoms with E-state index in [0.29, 0.717) is 34.4 Å². The van der Waals surface area contributed by atoms with Crippen molar-refractivity contribution in [1.82, 2.24) is 30.4 Å². The zero-order valence-corrected chi connectivity index (χ0v) is 34.8. The molecule has 4 aromatic rings. The lowest BCUT2D eigenvalue weighted by Gasteiger charge is -2.44. The van der Waals surface area contributed by atoms with Gasteiger partial charge in [0, 0.05) is 68.8 Å². The van der Waals surface area contributed by atoms with Crippen LogP contribution in [0.2, 0.25) is 0 Å². The molecule has 4 fully saturated rings. The fraction of sp³-hybridized carbons (Fsp3) is 0.447. The summed E-state index contributed by atoms with van der Waals surface area (Å²) >= 11 is 0. The molecule has 2 N–H and O–H groups in total. The first kappa shape index (κ1) is 41.0. The van der Waals surface area contributed by atoms with E-state index in [4.69, 9.17) is 14.5 Å². The van der Waals surface area contributed by atoms with E-state index >= 15 is 0 Å². The van der Waals surface area contributed by atoms with Crippen molar-refractivity contribution in [2.24, 2.45) is 5.92 Å². The zero-order chi connectivity index (χ0) is 42.9. The molecule has 0 radical (unpaired) electrons. The lowest BCUT2D eigenvalue weighted by atomic mass is 9.86. The first-order chi connectivity index (χ1) is 30.1. The molecule has 1 atom stereocenters. The Morgan fingerprint density at radius 2 is 1.69 bits per heavy atom. The van der Waals surface area contributed by atoms with Gasteiger partial charge in [0.05, 0.1) is 33.9 Å². The molecule has 2 aromatic heterocycles. The molecule has 9 rings (SSSR count). The highest BCUT2D eigenvalue weighted by Crippen LogP contribution is 2.36. The first-order valence-corrected chi connectivity index (χ1v) is 21.9. The van der Waals surface area contributed by atoms with Crippen LogP contribution in [-0.2, 0) is 9.59 Å². The second-order valence-electron chi connectivity index (χ2n) is 17.1. The number of carbonyl (C=O) groups is 5. The maximum atomic E-state index is 13.3. The standard InChI is InChI=1S/C47H50N8O7/c1-2-53(32-22-35(23-32)61-34-11-12-36-38(24-34)47(60)55(46(36)59)39-13-16-42(56)52-45(39)58)27-28-17-20-54(21-18-28)41-15-6-30(26-50-41)44(57)51-31-7-9-33(10-8-31)62-40-14-5-29(25-48)43-37(40)4-3-19-49-43/h3-6,11-12,14-15,19,24,26,28,31-33,35,39H,2,7-10,13,16-18,20-23,27H2,1H3,(H,51,57)(H,52,56,58)/t31-,32-,33-,35-,39?. The Labute approximate surface area is 359 Å². The van der Waals surface area contributed by atoms with Crippen LogP contribution in [0.4, 0.5) is 5.82 Å². The average molecular weight is 839 g/mol. The van der Waals surface area contributed by atoms with Gasteiger partial charge < -0.3 is 24.6 Å².